The molecule has 7 heteroatoms. The van der Waals surface area contributed by atoms with Gasteiger partial charge in [-0.1, -0.05) is 17.7 Å². The SMILES string of the molecule is CCn1nccc1C(C)c1nc(-c2ccc(Cl)c(OC)c2)cc(=O)n1C. The number of benzene rings is 1. The van der Waals surface area contributed by atoms with Crippen LogP contribution in [0.3, 0.4) is 0 Å². The number of methoxy groups -OCH3 is 1. The van der Waals surface area contributed by atoms with Crippen LogP contribution in [0.25, 0.3) is 11.3 Å². The molecule has 0 aliphatic carbocycles. The van der Waals surface area contributed by atoms with Crippen molar-refractivity contribution in [2.75, 3.05) is 7.11 Å². The summed E-state index contributed by atoms with van der Waals surface area (Å²) in [5, 5.41) is 4.83. The molecule has 0 saturated heterocycles. The van der Waals surface area contributed by atoms with Crippen molar-refractivity contribution in [1.29, 1.82) is 0 Å². The first-order chi connectivity index (χ1) is 12.5. The Hall–Kier alpha value is -2.60. The molecular formula is C19H21ClN4O2. The Morgan fingerprint density at radius 2 is 2.04 bits per heavy atom. The van der Waals surface area contributed by atoms with Gasteiger partial charge in [-0.05, 0) is 32.0 Å². The van der Waals surface area contributed by atoms with Crippen LogP contribution in [-0.2, 0) is 13.6 Å². The lowest BCUT2D eigenvalue weighted by atomic mass is 10.1. The highest BCUT2D eigenvalue weighted by Crippen LogP contribution is 2.30. The highest BCUT2D eigenvalue weighted by molar-refractivity contribution is 6.32. The Kier molecular flexibility index (Phi) is 5.13. The van der Waals surface area contributed by atoms with Crippen molar-refractivity contribution in [2.45, 2.75) is 26.3 Å². The smallest absolute Gasteiger partial charge is 0.253 e. The van der Waals surface area contributed by atoms with Gasteiger partial charge in [0.1, 0.15) is 11.6 Å². The molecule has 0 spiro atoms. The summed E-state index contributed by atoms with van der Waals surface area (Å²) in [7, 11) is 3.29. The minimum Gasteiger partial charge on any atom is -0.495 e. The third-order valence-electron chi connectivity index (χ3n) is 4.50. The van der Waals surface area contributed by atoms with Gasteiger partial charge in [-0.15, -0.1) is 0 Å². The number of nitrogens with zero attached hydrogens (tertiary/aromatic N) is 4. The lowest BCUT2D eigenvalue weighted by Gasteiger charge is -2.17. The molecule has 3 aromatic rings. The number of ether oxygens (including phenoxy) is 1. The zero-order chi connectivity index (χ0) is 18.8. The minimum atomic E-state index is -0.117. The molecule has 0 bridgehead atoms. The molecular weight excluding hydrogens is 352 g/mol. The Morgan fingerprint density at radius 1 is 1.27 bits per heavy atom. The zero-order valence-corrected chi connectivity index (χ0v) is 16.0. The standard InChI is InChI=1S/C19H21ClN4O2/c1-5-24-16(8-9-21-24)12(2)19-22-15(11-18(25)23(19)3)13-6-7-14(20)17(10-13)26-4/h6-12H,5H2,1-4H3. The van der Waals surface area contributed by atoms with Crippen LogP contribution in [0.2, 0.25) is 5.02 Å². The maximum Gasteiger partial charge on any atom is 0.253 e. The van der Waals surface area contributed by atoms with Crippen molar-refractivity contribution < 1.29 is 4.74 Å². The lowest BCUT2D eigenvalue weighted by Crippen LogP contribution is -2.24. The van der Waals surface area contributed by atoms with Crippen molar-refractivity contribution in [3.05, 3.63) is 63.4 Å². The van der Waals surface area contributed by atoms with Crippen LogP contribution < -0.4 is 10.3 Å². The molecule has 6 nitrogen and oxygen atoms in total. The monoisotopic (exact) mass is 372 g/mol. The topological polar surface area (TPSA) is 61.9 Å². The molecule has 0 radical (unpaired) electrons. The fraction of sp³-hybridized carbons (Fsp3) is 0.316. The van der Waals surface area contributed by atoms with Crippen LogP contribution in [0, 0.1) is 0 Å². The maximum absolute atomic E-state index is 12.5. The van der Waals surface area contributed by atoms with Crippen molar-refractivity contribution in [2.24, 2.45) is 7.05 Å². The van der Waals surface area contributed by atoms with E-state index in [0.717, 1.165) is 17.8 Å². The third kappa shape index (κ3) is 3.24. The minimum absolute atomic E-state index is 0.0794. The third-order valence-corrected chi connectivity index (χ3v) is 4.81. The summed E-state index contributed by atoms with van der Waals surface area (Å²) < 4.78 is 8.76. The molecule has 2 aromatic heterocycles. The van der Waals surface area contributed by atoms with Gasteiger partial charge < -0.3 is 4.74 Å². The summed E-state index contributed by atoms with van der Waals surface area (Å²) in [6.07, 6.45) is 1.77. The van der Waals surface area contributed by atoms with Crippen LogP contribution in [-0.4, -0.2) is 26.4 Å². The average Bonchev–Trinajstić information content (AvgIpc) is 3.12. The van der Waals surface area contributed by atoms with Crippen LogP contribution in [0.1, 0.15) is 31.3 Å². The number of aryl methyl sites for hydroxylation is 1. The number of hydrogen-bond donors (Lipinski definition) is 0. The van der Waals surface area contributed by atoms with E-state index in [1.54, 1.807) is 37.1 Å². The summed E-state index contributed by atoms with van der Waals surface area (Å²) >= 11 is 6.10. The predicted molar refractivity (Wildman–Crippen MR) is 102 cm³/mol. The first-order valence-corrected chi connectivity index (χ1v) is 8.77. The molecule has 1 aromatic carbocycles. The normalized spacial score (nSPS) is 12.2. The van der Waals surface area contributed by atoms with E-state index < -0.39 is 0 Å². The fourth-order valence-electron chi connectivity index (χ4n) is 3.02. The van der Waals surface area contributed by atoms with E-state index >= 15 is 0 Å². The van der Waals surface area contributed by atoms with Gasteiger partial charge in [-0.2, -0.15) is 5.10 Å². The van der Waals surface area contributed by atoms with Crippen LogP contribution in [0.5, 0.6) is 5.75 Å². The van der Waals surface area contributed by atoms with E-state index in [4.69, 9.17) is 21.3 Å². The number of aromatic nitrogens is 4. The first-order valence-electron chi connectivity index (χ1n) is 8.39. The molecule has 1 unspecified atom stereocenters. The highest BCUT2D eigenvalue weighted by atomic mass is 35.5. The van der Waals surface area contributed by atoms with Crippen molar-refractivity contribution in [3.8, 4) is 17.0 Å². The Labute approximate surface area is 157 Å². The lowest BCUT2D eigenvalue weighted by molar-refractivity contribution is 0.415. The molecule has 26 heavy (non-hydrogen) atoms. The Morgan fingerprint density at radius 3 is 2.73 bits per heavy atom. The molecule has 0 amide bonds. The van der Waals surface area contributed by atoms with Crippen LogP contribution >= 0.6 is 11.6 Å². The van der Waals surface area contributed by atoms with Crippen molar-refractivity contribution in [1.82, 2.24) is 19.3 Å². The molecule has 0 aliphatic heterocycles. The molecule has 1 atom stereocenters. The molecule has 0 N–H and O–H groups in total. The van der Waals surface area contributed by atoms with E-state index in [2.05, 4.69) is 5.10 Å². The number of hydrogen-bond acceptors (Lipinski definition) is 4. The molecule has 0 fully saturated rings. The second-order valence-corrected chi connectivity index (χ2v) is 6.45. The van der Waals surface area contributed by atoms with Gasteiger partial charge in [-0.3, -0.25) is 14.0 Å². The van der Waals surface area contributed by atoms with E-state index in [-0.39, 0.29) is 11.5 Å². The zero-order valence-electron chi connectivity index (χ0n) is 15.2. The average molecular weight is 373 g/mol. The quantitative estimate of drug-likeness (QED) is 0.688. The van der Waals surface area contributed by atoms with Gasteiger partial charge in [0.25, 0.3) is 5.56 Å². The van der Waals surface area contributed by atoms with Gasteiger partial charge in [0, 0.05) is 37.1 Å². The summed E-state index contributed by atoms with van der Waals surface area (Å²) in [6.45, 7) is 4.82. The number of rotatable bonds is 5. The predicted octanol–water partition coefficient (Wildman–Crippen LogP) is 3.48. The van der Waals surface area contributed by atoms with Gasteiger partial charge in [0.05, 0.1) is 23.7 Å². The van der Waals surface area contributed by atoms with Crippen molar-refractivity contribution in [3.63, 3.8) is 0 Å². The van der Waals surface area contributed by atoms with Gasteiger partial charge in [0.15, 0.2) is 0 Å². The highest BCUT2D eigenvalue weighted by Gasteiger charge is 2.19. The van der Waals surface area contributed by atoms with Crippen LogP contribution in [0.4, 0.5) is 0 Å². The van der Waals surface area contributed by atoms with Gasteiger partial charge in [0.2, 0.25) is 0 Å². The van der Waals surface area contributed by atoms with Gasteiger partial charge >= 0.3 is 0 Å². The second kappa shape index (κ2) is 7.33. The molecule has 0 aliphatic rings. The summed E-state index contributed by atoms with van der Waals surface area (Å²) in [6, 6.07) is 8.84. The van der Waals surface area contributed by atoms with E-state index in [1.807, 2.05) is 30.7 Å². The van der Waals surface area contributed by atoms with Crippen LogP contribution in [0.15, 0.2) is 41.3 Å². The number of halogens is 1. The Bertz CT molecular complexity index is 993. The van der Waals surface area contributed by atoms with E-state index in [1.165, 1.54) is 6.07 Å². The molecule has 0 saturated carbocycles. The Balaban J connectivity index is 2.12. The van der Waals surface area contributed by atoms with E-state index in [0.29, 0.717) is 22.3 Å². The molecule has 136 valence electrons. The largest absolute Gasteiger partial charge is 0.495 e. The van der Waals surface area contributed by atoms with Gasteiger partial charge in [-0.25, -0.2) is 4.98 Å². The molecule has 2 heterocycles. The maximum atomic E-state index is 12.5. The summed E-state index contributed by atoms with van der Waals surface area (Å²) in [5.74, 6) is 1.14. The van der Waals surface area contributed by atoms with E-state index in [9.17, 15) is 4.79 Å². The fourth-order valence-corrected chi connectivity index (χ4v) is 3.21. The molecule has 3 rings (SSSR count). The van der Waals surface area contributed by atoms with Crippen molar-refractivity contribution >= 4 is 11.6 Å². The summed E-state index contributed by atoms with van der Waals surface area (Å²) in [4.78, 5) is 17.3. The first kappa shape index (κ1) is 18.2. The summed E-state index contributed by atoms with van der Waals surface area (Å²) in [5.41, 5.74) is 2.27. The second-order valence-electron chi connectivity index (χ2n) is 6.04.